The van der Waals surface area contributed by atoms with Crippen LogP contribution < -0.4 is 4.74 Å². The highest BCUT2D eigenvalue weighted by atomic mass is 35.5. The van der Waals surface area contributed by atoms with E-state index in [1.807, 2.05) is 55.5 Å². The Bertz CT molecular complexity index is 1040. The van der Waals surface area contributed by atoms with E-state index in [9.17, 15) is 0 Å². The molecule has 2 unspecified atom stereocenters. The molecule has 0 N–H and O–H groups in total. The van der Waals surface area contributed by atoms with Gasteiger partial charge in [0.05, 0.1) is 17.1 Å². The molecule has 3 nitrogen and oxygen atoms in total. The van der Waals surface area contributed by atoms with Crippen molar-refractivity contribution in [1.82, 2.24) is 9.55 Å². The van der Waals surface area contributed by atoms with Crippen molar-refractivity contribution in [1.29, 1.82) is 0 Å². The average molecular weight is 377 g/mol. The molecule has 4 aromatic rings. The largest absolute Gasteiger partial charge is 0.483 e. The van der Waals surface area contributed by atoms with Gasteiger partial charge in [0.15, 0.2) is 11.9 Å². The Balaban J connectivity index is 1.76. The molecule has 0 radical (unpaired) electrons. The number of benzene rings is 3. The third-order valence-corrected chi connectivity index (χ3v) is 5.03. The molecule has 27 heavy (non-hydrogen) atoms. The standard InChI is InChI=1S/C23H21ClN2O/c1-16(18-8-4-3-5-9-18)26-22-11-7-6-10-21(22)25-23(26)17(2)27-20-14-12-19(24)13-15-20/h3-17H,1-2H3. The van der Waals surface area contributed by atoms with E-state index in [2.05, 4.69) is 41.8 Å². The highest BCUT2D eigenvalue weighted by molar-refractivity contribution is 6.30. The van der Waals surface area contributed by atoms with E-state index in [0.717, 1.165) is 22.6 Å². The molecule has 4 heteroatoms. The summed E-state index contributed by atoms with van der Waals surface area (Å²) in [5, 5.41) is 0.694. The maximum absolute atomic E-state index is 6.17. The molecule has 0 fully saturated rings. The van der Waals surface area contributed by atoms with Crippen LogP contribution in [0.5, 0.6) is 5.75 Å². The molecular formula is C23H21ClN2O. The third kappa shape index (κ3) is 3.56. The lowest BCUT2D eigenvalue weighted by atomic mass is 10.1. The van der Waals surface area contributed by atoms with E-state index >= 15 is 0 Å². The zero-order valence-electron chi connectivity index (χ0n) is 15.3. The summed E-state index contributed by atoms with van der Waals surface area (Å²) in [4.78, 5) is 4.88. The van der Waals surface area contributed by atoms with Crippen molar-refractivity contribution in [2.24, 2.45) is 0 Å². The van der Waals surface area contributed by atoms with Gasteiger partial charge in [0.25, 0.3) is 0 Å². The third-order valence-electron chi connectivity index (χ3n) is 4.78. The number of hydrogen-bond donors (Lipinski definition) is 0. The summed E-state index contributed by atoms with van der Waals surface area (Å²) < 4.78 is 8.44. The minimum absolute atomic E-state index is 0.143. The van der Waals surface area contributed by atoms with Crippen LogP contribution in [-0.4, -0.2) is 9.55 Å². The Labute approximate surface area is 164 Å². The smallest absolute Gasteiger partial charge is 0.153 e. The summed E-state index contributed by atoms with van der Waals surface area (Å²) in [5.74, 6) is 1.68. The minimum Gasteiger partial charge on any atom is -0.483 e. The number of hydrogen-bond acceptors (Lipinski definition) is 2. The number of fused-ring (bicyclic) bond motifs is 1. The fourth-order valence-electron chi connectivity index (χ4n) is 3.41. The number of ether oxygens (including phenoxy) is 1. The van der Waals surface area contributed by atoms with Gasteiger partial charge >= 0.3 is 0 Å². The highest BCUT2D eigenvalue weighted by Gasteiger charge is 2.22. The molecule has 4 rings (SSSR count). The molecule has 0 saturated carbocycles. The summed E-state index contributed by atoms with van der Waals surface area (Å²) >= 11 is 5.98. The van der Waals surface area contributed by atoms with Crippen LogP contribution in [0, 0.1) is 0 Å². The first-order valence-corrected chi connectivity index (χ1v) is 9.45. The van der Waals surface area contributed by atoms with Crippen molar-refractivity contribution in [3.63, 3.8) is 0 Å². The predicted molar refractivity (Wildman–Crippen MR) is 110 cm³/mol. The van der Waals surface area contributed by atoms with Gasteiger partial charge in [-0.1, -0.05) is 54.1 Å². The topological polar surface area (TPSA) is 27.1 Å². The van der Waals surface area contributed by atoms with Crippen molar-refractivity contribution in [2.75, 3.05) is 0 Å². The molecule has 1 aromatic heterocycles. The molecule has 3 aromatic carbocycles. The van der Waals surface area contributed by atoms with Crippen molar-refractivity contribution in [2.45, 2.75) is 26.0 Å². The van der Waals surface area contributed by atoms with Gasteiger partial charge < -0.3 is 9.30 Å². The molecule has 1 heterocycles. The minimum atomic E-state index is -0.204. The molecule has 0 aliphatic heterocycles. The summed E-state index contributed by atoms with van der Waals surface area (Å²) in [7, 11) is 0. The number of imidazole rings is 1. The Morgan fingerprint density at radius 1 is 0.852 bits per heavy atom. The number of aromatic nitrogens is 2. The van der Waals surface area contributed by atoms with Crippen LogP contribution in [0.3, 0.4) is 0 Å². The van der Waals surface area contributed by atoms with E-state index < -0.39 is 0 Å². The van der Waals surface area contributed by atoms with Crippen LogP contribution >= 0.6 is 11.6 Å². The van der Waals surface area contributed by atoms with Crippen molar-refractivity contribution in [3.8, 4) is 5.75 Å². The number of halogens is 1. The van der Waals surface area contributed by atoms with E-state index in [1.54, 1.807) is 0 Å². The second kappa shape index (κ2) is 7.45. The van der Waals surface area contributed by atoms with Gasteiger partial charge in [-0.25, -0.2) is 4.98 Å². The first kappa shape index (κ1) is 17.6. The van der Waals surface area contributed by atoms with Crippen molar-refractivity contribution >= 4 is 22.6 Å². The highest BCUT2D eigenvalue weighted by Crippen LogP contribution is 2.31. The molecule has 0 spiro atoms. The van der Waals surface area contributed by atoms with E-state index in [1.165, 1.54) is 5.56 Å². The lowest BCUT2D eigenvalue weighted by Gasteiger charge is -2.22. The number of para-hydroxylation sites is 2. The second-order valence-corrected chi connectivity index (χ2v) is 7.07. The SMILES string of the molecule is CC(Oc1ccc(Cl)cc1)c1nc2ccccc2n1C(C)c1ccccc1. The molecule has 136 valence electrons. The lowest BCUT2D eigenvalue weighted by molar-refractivity contribution is 0.210. The molecule has 2 atom stereocenters. The fourth-order valence-corrected chi connectivity index (χ4v) is 3.53. The molecule has 0 saturated heterocycles. The Morgan fingerprint density at radius 2 is 1.52 bits per heavy atom. The Hall–Kier alpha value is -2.78. The summed E-state index contributed by atoms with van der Waals surface area (Å²) in [6.45, 7) is 4.23. The van der Waals surface area contributed by atoms with Gasteiger partial charge in [0.2, 0.25) is 0 Å². The van der Waals surface area contributed by atoms with Crippen LogP contribution in [0.25, 0.3) is 11.0 Å². The van der Waals surface area contributed by atoms with Crippen LogP contribution in [-0.2, 0) is 0 Å². The van der Waals surface area contributed by atoms with Crippen LogP contribution in [0.4, 0.5) is 0 Å². The number of rotatable bonds is 5. The maximum Gasteiger partial charge on any atom is 0.153 e. The summed E-state index contributed by atoms with van der Waals surface area (Å²) in [6.07, 6.45) is -0.204. The van der Waals surface area contributed by atoms with Crippen LogP contribution in [0.15, 0.2) is 78.9 Å². The van der Waals surface area contributed by atoms with E-state index in [0.29, 0.717) is 5.02 Å². The van der Waals surface area contributed by atoms with Gasteiger partial charge in [0.1, 0.15) is 5.75 Å². The Morgan fingerprint density at radius 3 is 2.26 bits per heavy atom. The van der Waals surface area contributed by atoms with Gasteiger partial charge in [-0.05, 0) is 55.8 Å². The number of nitrogens with zero attached hydrogens (tertiary/aromatic N) is 2. The molecule has 0 aliphatic carbocycles. The second-order valence-electron chi connectivity index (χ2n) is 6.63. The van der Waals surface area contributed by atoms with Gasteiger partial charge in [-0.3, -0.25) is 0 Å². The van der Waals surface area contributed by atoms with Crippen molar-refractivity contribution in [3.05, 3.63) is 95.3 Å². The zero-order valence-corrected chi connectivity index (χ0v) is 16.1. The quantitative estimate of drug-likeness (QED) is 0.400. The van der Waals surface area contributed by atoms with Gasteiger partial charge in [-0.15, -0.1) is 0 Å². The average Bonchev–Trinajstić information content (AvgIpc) is 3.09. The Kier molecular flexibility index (Phi) is 4.87. The molecule has 0 bridgehead atoms. The van der Waals surface area contributed by atoms with Crippen LogP contribution in [0.1, 0.15) is 37.4 Å². The first-order valence-electron chi connectivity index (χ1n) is 9.07. The van der Waals surface area contributed by atoms with Gasteiger partial charge in [0, 0.05) is 5.02 Å². The van der Waals surface area contributed by atoms with Crippen LogP contribution in [0.2, 0.25) is 5.02 Å². The molecule has 0 amide bonds. The summed E-state index contributed by atoms with van der Waals surface area (Å²) in [6, 6.07) is 26.3. The zero-order chi connectivity index (χ0) is 18.8. The maximum atomic E-state index is 6.17. The van der Waals surface area contributed by atoms with Gasteiger partial charge in [-0.2, -0.15) is 0 Å². The van der Waals surface area contributed by atoms with E-state index in [4.69, 9.17) is 21.3 Å². The lowest BCUT2D eigenvalue weighted by Crippen LogP contribution is -2.15. The molecular weight excluding hydrogens is 356 g/mol. The summed E-state index contributed by atoms with van der Waals surface area (Å²) in [5.41, 5.74) is 3.32. The van der Waals surface area contributed by atoms with E-state index in [-0.39, 0.29) is 12.1 Å². The predicted octanol–water partition coefficient (Wildman–Crippen LogP) is 6.44. The van der Waals surface area contributed by atoms with Crippen molar-refractivity contribution < 1.29 is 4.74 Å². The molecule has 0 aliphatic rings. The first-order chi connectivity index (χ1) is 13.1. The normalized spacial score (nSPS) is 13.4. The fraction of sp³-hybridized carbons (Fsp3) is 0.174. The monoisotopic (exact) mass is 376 g/mol.